The first-order valence-electron chi connectivity index (χ1n) is 9.23. The number of benzene rings is 2. The number of carbonyl (C=O) groups excluding carboxylic acids is 1. The first-order chi connectivity index (χ1) is 12.6. The molecule has 2 aliphatic rings. The average Bonchev–Trinajstić information content (AvgIpc) is 2.68. The molecule has 26 heavy (non-hydrogen) atoms. The number of phenols is 1. The smallest absolute Gasteiger partial charge is 0.174 e. The first kappa shape index (κ1) is 17.0. The van der Waals surface area contributed by atoms with Crippen LogP contribution in [-0.4, -0.2) is 25.1 Å². The van der Waals surface area contributed by atoms with Crippen molar-refractivity contribution in [2.45, 2.75) is 37.5 Å². The molecular weight excluding hydrogens is 328 g/mol. The van der Waals surface area contributed by atoms with E-state index in [0.717, 1.165) is 42.6 Å². The molecule has 136 valence electrons. The van der Waals surface area contributed by atoms with Crippen LogP contribution >= 0.6 is 0 Å². The van der Waals surface area contributed by atoms with Crippen molar-refractivity contribution in [2.75, 3.05) is 14.2 Å². The quantitative estimate of drug-likeness (QED) is 0.873. The van der Waals surface area contributed by atoms with Gasteiger partial charge in [-0.3, -0.25) is 4.79 Å². The molecule has 3 unspecified atom stereocenters. The minimum atomic E-state index is -0.210. The highest BCUT2D eigenvalue weighted by Crippen LogP contribution is 2.53. The van der Waals surface area contributed by atoms with E-state index in [1.54, 1.807) is 20.3 Å². The predicted molar refractivity (Wildman–Crippen MR) is 99.4 cm³/mol. The Hall–Kier alpha value is -2.49. The van der Waals surface area contributed by atoms with E-state index in [0.29, 0.717) is 11.3 Å². The van der Waals surface area contributed by atoms with Crippen LogP contribution in [0, 0.1) is 5.92 Å². The predicted octanol–water partition coefficient (Wildman–Crippen LogP) is 4.66. The minimum Gasteiger partial charge on any atom is -0.507 e. The largest absolute Gasteiger partial charge is 0.507 e. The van der Waals surface area contributed by atoms with Gasteiger partial charge in [-0.05, 0) is 54.0 Å². The summed E-state index contributed by atoms with van der Waals surface area (Å²) in [5.74, 6) is 1.79. The fourth-order valence-electron chi connectivity index (χ4n) is 4.81. The number of ketones is 1. The van der Waals surface area contributed by atoms with Crippen LogP contribution in [0.25, 0.3) is 0 Å². The van der Waals surface area contributed by atoms with Crippen molar-refractivity contribution in [3.05, 3.63) is 53.1 Å². The van der Waals surface area contributed by atoms with Gasteiger partial charge in [-0.25, -0.2) is 0 Å². The number of phenolic OH excluding ortho intramolecular Hbond substituents is 1. The highest BCUT2D eigenvalue weighted by Gasteiger charge is 2.45. The Morgan fingerprint density at radius 3 is 2.35 bits per heavy atom. The van der Waals surface area contributed by atoms with Gasteiger partial charge >= 0.3 is 0 Å². The fourth-order valence-corrected chi connectivity index (χ4v) is 4.81. The summed E-state index contributed by atoms with van der Waals surface area (Å²) in [6, 6.07) is 11.3. The topological polar surface area (TPSA) is 55.8 Å². The third-order valence-corrected chi connectivity index (χ3v) is 6.01. The van der Waals surface area contributed by atoms with Gasteiger partial charge in [0.05, 0.1) is 25.7 Å². The van der Waals surface area contributed by atoms with Crippen molar-refractivity contribution >= 4 is 5.78 Å². The van der Waals surface area contributed by atoms with E-state index < -0.39 is 0 Å². The van der Waals surface area contributed by atoms with E-state index in [2.05, 4.69) is 0 Å². The zero-order valence-corrected chi connectivity index (χ0v) is 15.2. The maximum absolute atomic E-state index is 13.4. The summed E-state index contributed by atoms with van der Waals surface area (Å²) in [5, 5.41) is 10.6. The van der Waals surface area contributed by atoms with Crippen molar-refractivity contribution in [1.29, 1.82) is 0 Å². The minimum absolute atomic E-state index is 0.0217. The van der Waals surface area contributed by atoms with Crippen LogP contribution in [0.15, 0.2) is 36.4 Å². The Bertz CT molecular complexity index is 825. The van der Waals surface area contributed by atoms with E-state index in [4.69, 9.17) is 9.47 Å². The van der Waals surface area contributed by atoms with Crippen LogP contribution in [0.5, 0.6) is 17.2 Å². The van der Waals surface area contributed by atoms with Crippen LogP contribution in [0.3, 0.4) is 0 Å². The van der Waals surface area contributed by atoms with Crippen LogP contribution in [0.1, 0.15) is 59.0 Å². The lowest BCUT2D eigenvalue weighted by Crippen LogP contribution is -2.35. The summed E-state index contributed by atoms with van der Waals surface area (Å²) < 4.78 is 10.6. The Morgan fingerprint density at radius 1 is 0.962 bits per heavy atom. The number of aromatic hydroxyl groups is 1. The second-order valence-corrected chi connectivity index (χ2v) is 7.28. The second-order valence-electron chi connectivity index (χ2n) is 7.28. The molecule has 0 aromatic heterocycles. The molecule has 1 N–H and O–H groups in total. The molecule has 2 aliphatic carbocycles. The van der Waals surface area contributed by atoms with E-state index in [1.807, 2.05) is 30.3 Å². The number of rotatable bonds is 3. The van der Waals surface area contributed by atoms with Crippen molar-refractivity contribution in [2.24, 2.45) is 5.92 Å². The number of methoxy groups -OCH3 is 2. The van der Waals surface area contributed by atoms with E-state index in [1.165, 1.54) is 0 Å². The maximum atomic E-state index is 13.4. The average molecular weight is 352 g/mol. The third kappa shape index (κ3) is 2.64. The molecule has 3 atom stereocenters. The van der Waals surface area contributed by atoms with Gasteiger partial charge < -0.3 is 14.6 Å². The second kappa shape index (κ2) is 6.67. The molecule has 0 bridgehead atoms. The molecule has 4 heteroatoms. The summed E-state index contributed by atoms with van der Waals surface area (Å²) in [6.07, 6.45) is 4.38. The molecule has 0 saturated heterocycles. The summed E-state index contributed by atoms with van der Waals surface area (Å²) in [6.45, 7) is 0. The number of hydrogen-bond donors (Lipinski definition) is 1. The van der Waals surface area contributed by atoms with Crippen molar-refractivity contribution in [3.8, 4) is 17.2 Å². The molecule has 1 fully saturated rings. The normalized spacial score (nSPS) is 24.5. The first-order valence-corrected chi connectivity index (χ1v) is 9.23. The lowest BCUT2D eigenvalue weighted by molar-refractivity contribution is 0.0869. The Morgan fingerprint density at radius 2 is 1.65 bits per heavy atom. The van der Waals surface area contributed by atoms with Crippen LogP contribution < -0.4 is 9.47 Å². The number of fused-ring (bicyclic) bond motifs is 3. The molecule has 0 amide bonds. The lowest BCUT2D eigenvalue weighted by Gasteiger charge is -2.42. The molecule has 2 aromatic rings. The van der Waals surface area contributed by atoms with E-state index in [-0.39, 0.29) is 29.3 Å². The van der Waals surface area contributed by atoms with Gasteiger partial charge in [0.1, 0.15) is 17.2 Å². The molecule has 0 spiro atoms. The van der Waals surface area contributed by atoms with E-state index in [9.17, 15) is 9.90 Å². The molecule has 0 radical (unpaired) electrons. The Balaban J connectivity index is 1.84. The monoisotopic (exact) mass is 352 g/mol. The highest BCUT2D eigenvalue weighted by atomic mass is 16.5. The number of hydrogen-bond acceptors (Lipinski definition) is 4. The molecule has 1 saturated carbocycles. The van der Waals surface area contributed by atoms with E-state index >= 15 is 0 Å². The van der Waals surface area contributed by atoms with Crippen molar-refractivity contribution in [3.63, 3.8) is 0 Å². The van der Waals surface area contributed by atoms with Gasteiger partial charge in [0.25, 0.3) is 0 Å². The van der Waals surface area contributed by atoms with Gasteiger partial charge in [0.15, 0.2) is 5.78 Å². The highest BCUT2D eigenvalue weighted by molar-refractivity contribution is 6.06. The number of ether oxygens (including phenoxy) is 2. The Labute approximate surface area is 153 Å². The summed E-state index contributed by atoms with van der Waals surface area (Å²) in [5.41, 5.74) is 2.45. The molecular formula is C22H24O4. The van der Waals surface area contributed by atoms with Crippen molar-refractivity contribution in [1.82, 2.24) is 0 Å². The Kier molecular flexibility index (Phi) is 4.35. The molecule has 4 rings (SSSR count). The molecule has 0 aliphatic heterocycles. The number of Topliss-reactive ketones (excluding diaryl/α,β-unsaturated/α-hetero) is 1. The number of carbonyl (C=O) groups is 1. The summed E-state index contributed by atoms with van der Waals surface area (Å²) in [4.78, 5) is 13.4. The van der Waals surface area contributed by atoms with Crippen molar-refractivity contribution < 1.29 is 19.4 Å². The van der Waals surface area contributed by atoms with Crippen LogP contribution in [-0.2, 0) is 0 Å². The van der Waals surface area contributed by atoms with Gasteiger partial charge in [0.2, 0.25) is 0 Å². The SMILES string of the molecule is COc1ccc(C2C(=O)c3c(O)cc(OC)cc3C3CCCCC32)cc1. The van der Waals surface area contributed by atoms with Crippen LogP contribution in [0.2, 0.25) is 0 Å². The zero-order chi connectivity index (χ0) is 18.3. The summed E-state index contributed by atoms with van der Waals surface area (Å²) in [7, 11) is 3.23. The van der Waals surface area contributed by atoms with Gasteiger partial charge in [-0.15, -0.1) is 0 Å². The molecule has 0 heterocycles. The van der Waals surface area contributed by atoms with Gasteiger partial charge in [-0.1, -0.05) is 25.0 Å². The third-order valence-electron chi connectivity index (χ3n) is 6.01. The summed E-state index contributed by atoms with van der Waals surface area (Å²) >= 11 is 0. The maximum Gasteiger partial charge on any atom is 0.174 e. The lowest BCUT2D eigenvalue weighted by atomic mass is 9.61. The van der Waals surface area contributed by atoms with Crippen LogP contribution in [0.4, 0.5) is 0 Å². The van der Waals surface area contributed by atoms with Gasteiger partial charge in [0, 0.05) is 6.07 Å². The molecule has 4 nitrogen and oxygen atoms in total. The molecule has 2 aromatic carbocycles. The van der Waals surface area contributed by atoms with Gasteiger partial charge in [-0.2, -0.15) is 0 Å². The fraction of sp³-hybridized carbons (Fsp3) is 0.409. The zero-order valence-electron chi connectivity index (χ0n) is 15.2. The standard InChI is InChI=1S/C22H24O4/c1-25-14-9-7-13(8-10-14)20-17-6-4-3-5-16(17)18-11-15(26-2)12-19(23)21(18)22(20)24/h7-12,16-17,20,23H,3-6H2,1-2H3.